The van der Waals surface area contributed by atoms with Gasteiger partial charge in [0.1, 0.15) is 0 Å². The van der Waals surface area contributed by atoms with Crippen LogP contribution < -0.4 is 11.3 Å². The minimum atomic E-state index is 0.421. The van der Waals surface area contributed by atoms with Crippen molar-refractivity contribution in [1.29, 1.82) is 0 Å². The molecule has 1 atom stereocenters. The van der Waals surface area contributed by atoms with Crippen LogP contribution in [0.15, 0.2) is 18.2 Å². The van der Waals surface area contributed by atoms with Gasteiger partial charge in [0.2, 0.25) is 0 Å². The van der Waals surface area contributed by atoms with Crippen molar-refractivity contribution in [3.05, 3.63) is 34.9 Å². The lowest BCUT2D eigenvalue weighted by Crippen LogP contribution is -2.38. The molecule has 0 radical (unpaired) electrons. The van der Waals surface area contributed by atoms with Gasteiger partial charge in [-0.15, -0.1) is 0 Å². The van der Waals surface area contributed by atoms with Crippen molar-refractivity contribution in [2.45, 2.75) is 64.8 Å². The highest BCUT2D eigenvalue weighted by Crippen LogP contribution is 2.28. The summed E-state index contributed by atoms with van der Waals surface area (Å²) in [6.07, 6.45) is 9.30. The summed E-state index contributed by atoms with van der Waals surface area (Å²) in [6, 6.07) is 7.19. The first kappa shape index (κ1) is 14.5. The van der Waals surface area contributed by atoms with E-state index in [1.807, 2.05) is 0 Å². The second kappa shape index (κ2) is 7.06. The van der Waals surface area contributed by atoms with E-state index in [1.165, 1.54) is 55.2 Å². The molecule has 2 heteroatoms. The van der Waals surface area contributed by atoms with Gasteiger partial charge in [0.25, 0.3) is 0 Å². The molecule has 19 heavy (non-hydrogen) atoms. The van der Waals surface area contributed by atoms with Crippen LogP contribution in [0.3, 0.4) is 0 Å². The summed E-state index contributed by atoms with van der Waals surface area (Å²) in [5.41, 5.74) is 7.19. The lowest BCUT2D eigenvalue weighted by atomic mass is 9.83. The molecule has 0 spiro atoms. The number of nitrogens with two attached hydrogens (primary N) is 1. The zero-order valence-electron chi connectivity index (χ0n) is 12.4. The number of aryl methyl sites for hydroxylation is 2. The van der Waals surface area contributed by atoms with Crippen molar-refractivity contribution in [2.75, 3.05) is 0 Å². The van der Waals surface area contributed by atoms with Gasteiger partial charge in [0.15, 0.2) is 0 Å². The zero-order valence-corrected chi connectivity index (χ0v) is 12.4. The maximum Gasteiger partial charge on any atom is 0.0253 e. The standard InChI is InChI=1S/C17H28N2/c1-13-8-9-16(10-14(13)2)12-17(19-18)11-15-6-4-3-5-7-15/h8-10,15,17,19H,3-7,11-12,18H2,1-2H3. The highest BCUT2D eigenvalue weighted by molar-refractivity contribution is 5.30. The topological polar surface area (TPSA) is 38.0 Å². The summed E-state index contributed by atoms with van der Waals surface area (Å²) >= 11 is 0. The van der Waals surface area contributed by atoms with Crippen molar-refractivity contribution < 1.29 is 0 Å². The predicted octanol–water partition coefficient (Wildman–Crippen LogP) is 3.65. The molecule has 106 valence electrons. The SMILES string of the molecule is Cc1ccc(CC(CC2CCCCC2)NN)cc1C. The molecule has 1 saturated carbocycles. The van der Waals surface area contributed by atoms with E-state index in [-0.39, 0.29) is 0 Å². The molecular weight excluding hydrogens is 232 g/mol. The largest absolute Gasteiger partial charge is 0.271 e. The van der Waals surface area contributed by atoms with Gasteiger partial charge in [-0.3, -0.25) is 11.3 Å². The molecule has 0 saturated heterocycles. The monoisotopic (exact) mass is 260 g/mol. The van der Waals surface area contributed by atoms with Crippen LogP contribution in [0.1, 0.15) is 55.2 Å². The minimum Gasteiger partial charge on any atom is -0.271 e. The molecule has 0 heterocycles. The average Bonchev–Trinajstić information content (AvgIpc) is 2.43. The molecule has 1 unspecified atom stereocenters. The van der Waals surface area contributed by atoms with Gasteiger partial charge in [-0.2, -0.15) is 0 Å². The lowest BCUT2D eigenvalue weighted by Gasteiger charge is -2.26. The third-order valence-electron chi connectivity index (χ3n) is 4.63. The first-order chi connectivity index (χ1) is 9.19. The van der Waals surface area contributed by atoms with Crippen LogP contribution >= 0.6 is 0 Å². The van der Waals surface area contributed by atoms with Gasteiger partial charge < -0.3 is 0 Å². The first-order valence-electron chi connectivity index (χ1n) is 7.71. The summed E-state index contributed by atoms with van der Waals surface area (Å²) in [6.45, 7) is 4.35. The van der Waals surface area contributed by atoms with Crippen molar-refractivity contribution in [2.24, 2.45) is 11.8 Å². The molecule has 0 amide bonds. The summed E-state index contributed by atoms with van der Waals surface area (Å²) < 4.78 is 0. The van der Waals surface area contributed by atoms with E-state index in [0.29, 0.717) is 6.04 Å². The Kier molecular flexibility index (Phi) is 5.41. The number of hydrogen-bond donors (Lipinski definition) is 2. The molecule has 2 nitrogen and oxygen atoms in total. The Morgan fingerprint density at radius 1 is 1.16 bits per heavy atom. The maximum atomic E-state index is 5.76. The van der Waals surface area contributed by atoms with Crippen LogP contribution in [0.25, 0.3) is 0 Å². The van der Waals surface area contributed by atoms with Gasteiger partial charge in [0.05, 0.1) is 0 Å². The van der Waals surface area contributed by atoms with Crippen LogP contribution in [0.4, 0.5) is 0 Å². The summed E-state index contributed by atoms with van der Waals surface area (Å²) in [7, 11) is 0. The number of benzene rings is 1. The van der Waals surface area contributed by atoms with E-state index in [0.717, 1.165) is 12.3 Å². The molecule has 2 rings (SSSR count). The fourth-order valence-electron chi connectivity index (χ4n) is 3.25. The van der Waals surface area contributed by atoms with Crippen molar-refractivity contribution in [3.63, 3.8) is 0 Å². The van der Waals surface area contributed by atoms with Crippen molar-refractivity contribution >= 4 is 0 Å². The number of hydrogen-bond acceptors (Lipinski definition) is 2. The highest BCUT2D eigenvalue weighted by Gasteiger charge is 2.18. The number of nitrogens with one attached hydrogen (secondary N) is 1. The average molecular weight is 260 g/mol. The van der Waals surface area contributed by atoms with E-state index in [9.17, 15) is 0 Å². The van der Waals surface area contributed by atoms with Gasteiger partial charge in [-0.25, -0.2) is 0 Å². The molecule has 0 aromatic heterocycles. The fraction of sp³-hybridized carbons (Fsp3) is 0.647. The molecule has 3 N–H and O–H groups in total. The van der Waals surface area contributed by atoms with Gasteiger partial charge in [0, 0.05) is 6.04 Å². The summed E-state index contributed by atoms with van der Waals surface area (Å²) in [5, 5.41) is 0. The van der Waals surface area contributed by atoms with Gasteiger partial charge >= 0.3 is 0 Å². The van der Waals surface area contributed by atoms with Crippen molar-refractivity contribution in [1.82, 2.24) is 5.43 Å². The first-order valence-corrected chi connectivity index (χ1v) is 7.71. The lowest BCUT2D eigenvalue weighted by molar-refractivity contribution is 0.298. The summed E-state index contributed by atoms with van der Waals surface area (Å²) in [5.74, 6) is 6.63. The molecule has 0 aliphatic heterocycles. The summed E-state index contributed by atoms with van der Waals surface area (Å²) in [4.78, 5) is 0. The van der Waals surface area contributed by atoms with Crippen LogP contribution in [0, 0.1) is 19.8 Å². The molecule has 0 bridgehead atoms. The van der Waals surface area contributed by atoms with E-state index < -0.39 is 0 Å². The Balaban J connectivity index is 1.92. The normalized spacial score (nSPS) is 18.5. The van der Waals surface area contributed by atoms with E-state index in [4.69, 9.17) is 5.84 Å². The minimum absolute atomic E-state index is 0.421. The van der Waals surface area contributed by atoms with Gasteiger partial charge in [-0.05, 0) is 49.3 Å². The van der Waals surface area contributed by atoms with Gasteiger partial charge in [-0.1, -0.05) is 50.3 Å². The Morgan fingerprint density at radius 3 is 2.53 bits per heavy atom. The van der Waals surface area contributed by atoms with Crippen molar-refractivity contribution in [3.8, 4) is 0 Å². The van der Waals surface area contributed by atoms with E-state index in [1.54, 1.807) is 0 Å². The van der Waals surface area contributed by atoms with Crippen LogP contribution in [0.5, 0.6) is 0 Å². The zero-order chi connectivity index (χ0) is 13.7. The smallest absolute Gasteiger partial charge is 0.0253 e. The molecule has 1 aliphatic rings. The fourth-order valence-corrected chi connectivity index (χ4v) is 3.25. The Hall–Kier alpha value is -0.860. The van der Waals surface area contributed by atoms with Crippen LogP contribution in [-0.2, 0) is 6.42 Å². The molecule has 1 aromatic carbocycles. The van der Waals surface area contributed by atoms with Crippen LogP contribution in [-0.4, -0.2) is 6.04 Å². The third-order valence-corrected chi connectivity index (χ3v) is 4.63. The highest BCUT2D eigenvalue weighted by atomic mass is 15.2. The Labute approximate surface area is 117 Å². The maximum absolute atomic E-state index is 5.76. The Bertz CT molecular complexity index is 394. The predicted molar refractivity (Wildman–Crippen MR) is 81.9 cm³/mol. The molecule has 1 aliphatic carbocycles. The van der Waals surface area contributed by atoms with E-state index in [2.05, 4.69) is 37.5 Å². The molecule has 1 aromatic rings. The quantitative estimate of drug-likeness (QED) is 0.626. The van der Waals surface area contributed by atoms with E-state index >= 15 is 0 Å². The number of rotatable bonds is 5. The van der Waals surface area contributed by atoms with Crippen LogP contribution in [0.2, 0.25) is 0 Å². The third kappa shape index (κ3) is 4.32. The molecular formula is C17H28N2. The number of hydrazine groups is 1. The second-order valence-electron chi connectivity index (χ2n) is 6.23. The Morgan fingerprint density at radius 2 is 1.89 bits per heavy atom. The molecule has 1 fully saturated rings. The second-order valence-corrected chi connectivity index (χ2v) is 6.23.